The van der Waals surface area contributed by atoms with Gasteiger partial charge in [0, 0.05) is 17.8 Å². The van der Waals surface area contributed by atoms with Crippen molar-refractivity contribution in [2.24, 2.45) is 0 Å². The van der Waals surface area contributed by atoms with Gasteiger partial charge in [0.15, 0.2) is 0 Å². The minimum absolute atomic E-state index is 0.0861. The molecule has 2 N–H and O–H groups in total. The van der Waals surface area contributed by atoms with Crippen LogP contribution in [-0.2, 0) is 11.3 Å². The van der Waals surface area contributed by atoms with E-state index >= 15 is 0 Å². The number of benzene rings is 2. The van der Waals surface area contributed by atoms with Crippen molar-refractivity contribution in [3.8, 4) is 0 Å². The van der Waals surface area contributed by atoms with Crippen LogP contribution in [0.2, 0.25) is 0 Å². The van der Waals surface area contributed by atoms with Crippen molar-refractivity contribution in [1.82, 2.24) is 10.2 Å². The van der Waals surface area contributed by atoms with Crippen molar-refractivity contribution < 1.29 is 23.2 Å². The molecule has 0 aliphatic carbocycles. The van der Waals surface area contributed by atoms with Gasteiger partial charge in [0.25, 0.3) is 11.8 Å². The van der Waals surface area contributed by atoms with Crippen LogP contribution in [0.3, 0.4) is 0 Å². The highest BCUT2D eigenvalue weighted by Crippen LogP contribution is 2.22. The molecule has 2 heterocycles. The number of hydrogen-bond acceptors (Lipinski definition) is 4. The number of likely N-dealkylation sites (tertiary alicyclic amines) is 1. The molecule has 0 saturated carbocycles. The molecule has 2 aromatic carbocycles. The first kappa shape index (κ1) is 21.3. The van der Waals surface area contributed by atoms with Gasteiger partial charge in [-0.3, -0.25) is 14.4 Å². The maximum absolute atomic E-state index is 13.9. The first-order valence-electron chi connectivity index (χ1n) is 10.3. The van der Waals surface area contributed by atoms with Crippen molar-refractivity contribution in [2.45, 2.75) is 25.4 Å². The lowest BCUT2D eigenvalue weighted by atomic mass is 10.1. The van der Waals surface area contributed by atoms with Crippen molar-refractivity contribution in [1.29, 1.82) is 0 Å². The lowest BCUT2D eigenvalue weighted by Gasteiger charge is -2.24. The number of halogens is 1. The Labute approximate surface area is 184 Å². The predicted octanol–water partition coefficient (Wildman–Crippen LogP) is 3.59. The molecule has 1 aliphatic rings. The van der Waals surface area contributed by atoms with Gasteiger partial charge in [0.2, 0.25) is 5.91 Å². The Morgan fingerprint density at radius 2 is 1.91 bits per heavy atom. The van der Waals surface area contributed by atoms with Crippen molar-refractivity contribution >= 4 is 23.4 Å². The Morgan fingerprint density at radius 1 is 1.06 bits per heavy atom. The Bertz CT molecular complexity index is 1130. The number of amides is 3. The molecule has 3 amide bonds. The van der Waals surface area contributed by atoms with Gasteiger partial charge >= 0.3 is 0 Å². The normalized spacial score (nSPS) is 15.4. The third kappa shape index (κ3) is 4.69. The zero-order chi connectivity index (χ0) is 22.5. The van der Waals surface area contributed by atoms with E-state index in [0.717, 1.165) is 0 Å². The summed E-state index contributed by atoms with van der Waals surface area (Å²) in [5.41, 5.74) is 0.612. The molecule has 32 heavy (non-hydrogen) atoms. The first-order chi connectivity index (χ1) is 15.5. The summed E-state index contributed by atoms with van der Waals surface area (Å²) < 4.78 is 19.1. The Balaban J connectivity index is 1.44. The fourth-order valence-electron chi connectivity index (χ4n) is 3.73. The zero-order valence-electron chi connectivity index (χ0n) is 17.2. The lowest BCUT2D eigenvalue weighted by molar-refractivity contribution is -0.125. The number of furan rings is 1. The molecule has 1 saturated heterocycles. The maximum Gasteiger partial charge on any atom is 0.258 e. The van der Waals surface area contributed by atoms with Crippen LogP contribution in [0, 0.1) is 5.82 Å². The molecule has 164 valence electrons. The van der Waals surface area contributed by atoms with Crippen LogP contribution in [0.15, 0.2) is 71.3 Å². The Hall–Kier alpha value is -3.94. The average molecular weight is 435 g/mol. The summed E-state index contributed by atoms with van der Waals surface area (Å²) in [6, 6.07) is 15.0. The first-order valence-corrected chi connectivity index (χ1v) is 10.3. The number of rotatable bonds is 6. The van der Waals surface area contributed by atoms with E-state index in [1.807, 2.05) is 0 Å². The Morgan fingerprint density at radius 3 is 2.69 bits per heavy atom. The number of nitrogens with one attached hydrogen (secondary N) is 2. The minimum Gasteiger partial charge on any atom is -0.467 e. The second-order valence-electron chi connectivity index (χ2n) is 7.47. The molecule has 7 nitrogen and oxygen atoms in total. The largest absolute Gasteiger partial charge is 0.467 e. The van der Waals surface area contributed by atoms with Gasteiger partial charge in [-0.25, -0.2) is 4.39 Å². The van der Waals surface area contributed by atoms with Crippen LogP contribution in [0.25, 0.3) is 0 Å². The fraction of sp³-hybridized carbons (Fsp3) is 0.208. The topological polar surface area (TPSA) is 91.7 Å². The van der Waals surface area contributed by atoms with Crippen LogP contribution < -0.4 is 10.6 Å². The monoisotopic (exact) mass is 435 g/mol. The molecule has 0 radical (unpaired) electrons. The predicted molar refractivity (Wildman–Crippen MR) is 115 cm³/mol. The molecular formula is C24H22FN3O4. The highest BCUT2D eigenvalue weighted by molar-refractivity contribution is 6.05. The second-order valence-corrected chi connectivity index (χ2v) is 7.47. The average Bonchev–Trinajstić information content (AvgIpc) is 3.49. The van der Waals surface area contributed by atoms with Gasteiger partial charge in [-0.2, -0.15) is 0 Å². The molecule has 1 aliphatic heterocycles. The standard InChI is InChI=1S/C24H22FN3O4/c25-20-10-2-1-9-19(20)22(29)27-17-7-3-6-16(14-17)24(31)28-12-4-11-21(28)23(30)26-15-18-8-5-13-32-18/h1-3,5-10,13-14,21H,4,11-12,15H2,(H,26,30)(H,27,29). The van der Waals surface area contributed by atoms with E-state index in [2.05, 4.69) is 10.6 Å². The van der Waals surface area contributed by atoms with Gasteiger partial charge in [-0.05, 0) is 55.3 Å². The van der Waals surface area contributed by atoms with E-state index in [1.54, 1.807) is 36.4 Å². The van der Waals surface area contributed by atoms with Crippen LogP contribution in [0.5, 0.6) is 0 Å². The number of carbonyl (C=O) groups is 3. The van der Waals surface area contributed by atoms with Crippen molar-refractivity contribution in [2.75, 3.05) is 11.9 Å². The van der Waals surface area contributed by atoms with E-state index in [9.17, 15) is 18.8 Å². The van der Waals surface area contributed by atoms with Crippen LogP contribution in [0.1, 0.15) is 39.3 Å². The van der Waals surface area contributed by atoms with E-state index in [4.69, 9.17) is 4.42 Å². The van der Waals surface area contributed by atoms with Crippen molar-refractivity contribution in [3.05, 3.63) is 89.6 Å². The zero-order valence-corrected chi connectivity index (χ0v) is 17.2. The maximum atomic E-state index is 13.9. The summed E-state index contributed by atoms with van der Waals surface area (Å²) in [6.45, 7) is 0.714. The van der Waals surface area contributed by atoms with Crippen molar-refractivity contribution in [3.63, 3.8) is 0 Å². The van der Waals surface area contributed by atoms with Crippen LogP contribution in [0.4, 0.5) is 10.1 Å². The Kier molecular flexibility index (Phi) is 6.30. The smallest absolute Gasteiger partial charge is 0.258 e. The van der Waals surface area contributed by atoms with Gasteiger partial charge in [-0.15, -0.1) is 0 Å². The van der Waals surface area contributed by atoms with Gasteiger partial charge in [0.05, 0.1) is 18.4 Å². The van der Waals surface area contributed by atoms with Gasteiger partial charge < -0.3 is 20.0 Å². The van der Waals surface area contributed by atoms with Gasteiger partial charge in [0.1, 0.15) is 17.6 Å². The van der Waals surface area contributed by atoms with Crippen LogP contribution in [-0.4, -0.2) is 35.2 Å². The van der Waals surface area contributed by atoms with Crippen LogP contribution >= 0.6 is 0 Å². The molecule has 1 unspecified atom stereocenters. The van der Waals surface area contributed by atoms with E-state index in [1.165, 1.54) is 35.4 Å². The highest BCUT2D eigenvalue weighted by Gasteiger charge is 2.34. The second kappa shape index (κ2) is 9.47. The number of nitrogens with zero attached hydrogens (tertiary/aromatic N) is 1. The molecule has 3 aromatic rings. The molecule has 1 aromatic heterocycles. The molecular weight excluding hydrogens is 413 g/mol. The third-order valence-corrected chi connectivity index (χ3v) is 5.32. The summed E-state index contributed by atoms with van der Waals surface area (Å²) >= 11 is 0. The van der Waals surface area contributed by atoms with E-state index in [0.29, 0.717) is 36.4 Å². The summed E-state index contributed by atoms with van der Waals surface area (Å²) in [5.74, 6) is -1.15. The minimum atomic E-state index is -0.627. The lowest BCUT2D eigenvalue weighted by Crippen LogP contribution is -2.45. The number of carbonyl (C=O) groups excluding carboxylic acids is 3. The number of anilines is 1. The van der Waals surface area contributed by atoms with E-state index < -0.39 is 17.8 Å². The fourth-order valence-corrected chi connectivity index (χ4v) is 3.73. The molecule has 4 rings (SSSR count). The number of hydrogen-bond donors (Lipinski definition) is 2. The van der Waals surface area contributed by atoms with Gasteiger partial charge in [-0.1, -0.05) is 18.2 Å². The summed E-state index contributed by atoms with van der Waals surface area (Å²) in [7, 11) is 0. The summed E-state index contributed by atoms with van der Waals surface area (Å²) in [4.78, 5) is 39.7. The highest BCUT2D eigenvalue weighted by atomic mass is 19.1. The molecule has 0 spiro atoms. The molecule has 1 fully saturated rings. The molecule has 0 bridgehead atoms. The quantitative estimate of drug-likeness (QED) is 0.619. The third-order valence-electron chi connectivity index (χ3n) is 5.32. The summed E-state index contributed by atoms with van der Waals surface area (Å²) in [6.07, 6.45) is 2.82. The SMILES string of the molecule is O=C(Nc1cccc(C(=O)N2CCCC2C(=O)NCc2ccco2)c1)c1ccccc1F. The molecule has 1 atom stereocenters. The molecule has 8 heteroatoms. The summed E-state index contributed by atoms with van der Waals surface area (Å²) in [5, 5.41) is 5.42. The van der Waals surface area contributed by atoms with E-state index in [-0.39, 0.29) is 23.9 Å².